The SMILES string of the molecule is O=[C]OCCCCCCCCCCCCCCCCCl. The van der Waals surface area contributed by atoms with Crippen molar-refractivity contribution in [2.24, 2.45) is 0 Å². The van der Waals surface area contributed by atoms with Crippen LogP contribution in [0.1, 0.15) is 89.9 Å². The van der Waals surface area contributed by atoms with Gasteiger partial charge < -0.3 is 4.74 Å². The second kappa shape index (κ2) is 18.8. The van der Waals surface area contributed by atoms with Crippen molar-refractivity contribution >= 4 is 18.1 Å². The smallest absolute Gasteiger partial charge is 0.417 e. The molecular weight excluding hydrogens is 272 g/mol. The molecule has 0 atom stereocenters. The van der Waals surface area contributed by atoms with E-state index in [-0.39, 0.29) is 0 Å². The number of alkyl halides is 1. The molecular formula is C17H32ClO2. The largest absolute Gasteiger partial charge is 0.457 e. The van der Waals surface area contributed by atoms with E-state index in [0.29, 0.717) is 6.61 Å². The molecule has 0 amide bonds. The van der Waals surface area contributed by atoms with Gasteiger partial charge in [-0.25, -0.2) is 4.79 Å². The molecule has 0 heterocycles. The highest BCUT2D eigenvalue weighted by Crippen LogP contribution is 2.13. The fourth-order valence-corrected chi connectivity index (χ4v) is 2.62. The van der Waals surface area contributed by atoms with Gasteiger partial charge in [0.05, 0.1) is 6.61 Å². The first-order valence-corrected chi connectivity index (χ1v) is 9.00. The first-order chi connectivity index (χ1) is 9.91. The molecule has 0 aliphatic heterocycles. The van der Waals surface area contributed by atoms with Crippen molar-refractivity contribution in [1.82, 2.24) is 0 Å². The van der Waals surface area contributed by atoms with Gasteiger partial charge in [0.1, 0.15) is 0 Å². The molecule has 0 unspecified atom stereocenters. The number of halogens is 1. The molecule has 0 spiro atoms. The summed E-state index contributed by atoms with van der Waals surface area (Å²) in [4.78, 5) is 9.80. The van der Waals surface area contributed by atoms with Crippen LogP contribution in [0.15, 0.2) is 0 Å². The van der Waals surface area contributed by atoms with Crippen LogP contribution in [0.5, 0.6) is 0 Å². The van der Waals surface area contributed by atoms with Crippen LogP contribution in [0, 0.1) is 0 Å². The minimum Gasteiger partial charge on any atom is -0.457 e. The summed E-state index contributed by atoms with van der Waals surface area (Å²) >= 11 is 5.65. The molecule has 0 bridgehead atoms. The van der Waals surface area contributed by atoms with E-state index in [9.17, 15) is 4.79 Å². The number of ether oxygens (including phenoxy) is 1. The summed E-state index contributed by atoms with van der Waals surface area (Å²) in [5, 5.41) is 0. The molecule has 2 nitrogen and oxygen atoms in total. The van der Waals surface area contributed by atoms with Crippen LogP contribution in [0.3, 0.4) is 0 Å². The van der Waals surface area contributed by atoms with E-state index < -0.39 is 0 Å². The minimum atomic E-state index is 0.536. The normalized spacial score (nSPS) is 10.7. The van der Waals surface area contributed by atoms with Gasteiger partial charge in [0.2, 0.25) is 0 Å². The lowest BCUT2D eigenvalue weighted by atomic mass is 10.0. The van der Waals surface area contributed by atoms with Crippen molar-refractivity contribution in [2.45, 2.75) is 89.9 Å². The highest BCUT2D eigenvalue weighted by atomic mass is 35.5. The van der Waals surface area contributed by atoms with Crippen LogP contribution in [0.25, 0.3) is 0 Å². The molecule has 0 aliphatic carbocycles. The maximum absolute atomic E-state index is 9.80. The second-order valence-electron chi connectivity index (χ2n) is 5.57. The summed E-state index contributed by atoms with van der Waals surface area (Å²) in [6, 6.07) is 0. The lowest BCUT2D eigenvalue weighted by Crippen LogP contribution is -1.91. The number of hydrogen-bond acceptors (Lipinski definition) is 2. The van der Waals surface area contributed by atoms with Crippen molar-refractivity contribution in [3.05, 3.63) is 0 Å². The molecule has 0 saturated heterocycles. The van der Waals surface area contributed by atoms with E-state index >= 15 is 0 Å². The van der Waals surface area contributed by atoms with Gasteiger partial charge in [0.25, 0.3) is 0 Å². The first-order valence-electron chi connectivity index (χ1n) is 8.46. The third-order valence-electron chi connectivity index (χ3n) is 3.69. The fraction of sp³-hybridized carbons (Fsp3) is 0.941. The van der Waals surface area contributed by atoms with Crippen LogP contribution < -0.4 is 0 Å². The molecule has 0 fully saturated rings. The Morgan fingerprint density at radius 2 is 0.950 bits per heavy atom. The summed E-state index contributed by atoms with van der Waals surface area (Å²) in [6.45, 7) is 2.00. The van der Waals surface area contributed by atoms with Crippen LogP contribution in [0.2, 0.25) is 0 Å². The average molecular weight is 304 g/mol. The van der Waals surface area contributed by atoms with Crippen molar-refractivity contribution < 1.29 is 9.53 Å². The second-order valence-corrected chi connectivity index (χ2v) is 5.95. The number of unbranched alkanes of at least 4 members (excludes halogenated alkanes) is 13. The molecule has 0 aromatic carbocycles. The summed E-state index contributed by atoms with van der Waals surface area (Å²) < 4.78 is 4.53. The Hall–Kier alpha value is -0.240. The molecule has 20 heavy (non-hydrogen) atoms. The number of carbonyl (C=O) groups excluding carboxylic acids is 1. The lowest BCUT2D eigenvalue weighted by Gasteiger charge is -2.03. The average Bonchev–Trinajstić information content (AvgIpc) is 2.47. The molecule has 0 N–H and O–H groups in total. The zero-order valence-electron chi connectivity index (χ0n) is 13.0. The van der Waals surface area contributed by atoms with Crippen LogP contribution in [0.4, 0.5) is 0 Å². The van der Waals surface area contributed by atoms with Gasteiger partial charge in [-0.05, 0) is 12.8 Å². The van der Waals surface area contributed by atoms with E-state index in [1.165, 1.54) is 89.9 Å². The molecule has 3 heteroatoms. The Morgan fingerprint density at radius 1 is 0.600 bits per heavy atom. The Morgan fingerprint density at radius 3 is 1.30 bits per heavy atom. The van der Waals surface area contributed by atoms with Gasteiger partial charge in [-0.1, -0.05) is 77.0 Å². The Labute approximate surface area is 130 Å². The van der Waals surface area contributed by atoms with Gasteiger partial charge in [0, 0.05) is 5.88 Å². The van der Waals surface area contributed by atoms with E-state index in [4.69, 9.17) is 11.6 Å². The molecule has 0 aromatic heterocycles. The molecule has 0 saturated carbocycles. The van der Waals surface area contributed by atoms with E-state index in [0.717, 1.165) is 12.3 Å². The van der Waals surface area contributed by atoms with E-state index in [2.05, 4.69) is 4.74 Å². The third-order valence-corrected chi connectivity index (χ3v) is 3.96. The predicted molar refractivity (Wildman–Crippen MR) is 87.0 cm³/mol. The van der Waals surface area contributed by atoms with Crippen molar-refractivity contribution in [2.75, 3.05) is 12.5 Å². The van der Waals surface area contributed by atoms with Crippen LogP contribution in [-0.4, -0.2) is 19.0 Å². The lowest BCUT2D eigenvalue weighted by molar-refractivity contribution is 0.268. The van der Waals surface area contributed by atoms with Crippen LogP contribution in [-0.2, 0) is 9.53 Å². The number of hydrogen-bond donors (Lipinski definition) is 0. The van der Waals surface area contributed by atoms with Gasteiger partial charge in [-0.3, -0.25) is 0 Å². The Kier molecular flexibility index (Phi) is 18.5. The zero-order chi connectivity index (χ0) is 14.7. The first kappa shape index (κ1) is 19.8. The van der Waals surface area contributed by atoms with Crippen LogP contribution >= 0.6 is 11.6 Å². The predicted octanol–water partition coefficient (Wildman–Crippen LogP) is 5.77. The standard InChI is InChI=1S/C17H32ClO2/c18-15-13-11-9-7-5-3-1-2-4-6-8-10-12-14-16-20-17-19/h1-16H2. The summed E-state index contributed by atoms with van der Waals surface area (Å²) in [5.41, 5.74) is 0. The summed E-state index contributed by atoms with van der Waals surface area (Å²) in [6.07, 6.45) is 18.3. The summed E-state index contributed by atoms with van der Waals surface area (Å²) in [7, 11) is 0. The Balaban J connectivity index is 2.90. The molecule has 0 rings (SSSR count). The van der Waals surface area contributed by atoms with Gasteiger partial charge in [0.15, 0.2) is 0 Å². The third kappa shape index (κ3) is 17.8. The molecule has 0 aromatic rings. The molecule has 119 valence electrons. The van der Waals surface area contributed by atoms with Crippen molar-refractivity contribution in [1.29, 1.82) is 0 Å². The maximum Gasteiger partial charge on any atom is 0.417 e. The van der Waals surface area contributed by atoms with Gasteiger partial charge in [-0.15, -0.1) is 11.6 Å². The Bertz CT molecular complexity index is 186. The topological polar surface area (TPSA) is 26.3 Å². The minimum absolute atomic E-state index is 0.536. The van der Waals surface area contributed by atoms with Gasteiger partial charge >= 0.3 is 6.47 Å². The van der Waals surface area contributed by atoms with Crippen molar-refractivity contribution in [3.63, 3.8) is 0 Å². The highest BCUT2D eigenvalue weighted by molar-refractivity contribution is 6.17. The zero-order valence-corrected chi connectivity index (χ0v) is 13.8. The summed E-state index contributed by atoms with van der Waals surface area (Å²) in [5.74, 6) is 0.822. The maximum atomic E-state index is 9.80. The quantitative estimate of drug-likeness (QED) is 0.252. The van der Waals surface area contributed by atoms with Gasteiger partial charge in [-0.2, -0.15) is 0 Å². The van der Waals surface area contributed by atoms with E-state index in [1.807, 2.05) is 0 Å². The van der Waals surface area contributed by atoms with E-state index in [1.54, 1.807) is 0 Å². The monoisotopic (exact) mass is 303 g/mol. The molecule has 0 aliphatic rings. The van der Waals surface area contributed by atoms with Crippen molar-refractivity contribution in [3.8, 4) is 0 Å². The highest BCUT2D eigenvalue weighted by Gasteiger charge is 1.94. The number of rotatable bonds is 17. The fourth-order valence-electron chi connectivity index (χ4n) is 2.43. The molecule has 1 radical (unpaired) electrons.